The van der Waals surface area contributed by atoms with E-state index in [2.05, 4.69) is 27.2 Å². The molecule has 0 fully saturated rings. The minimum Gasteiger partial charge on any atom is -0.345 e. The van der Waals surface area contributed by atoms with Crippen molar-refractivity contribution in [3.05, 3.63) is 87.7 Å². The first kappa shape index (κ1) is 17.8. The van der Waals surface area contributed by atoms with E-state index in [9.17, 15) is 4.79 Å². The van der Waals surface area contributed by atoms with Crippen LogP contribution in [0.15, 0.2) is 54.7 Å². The molecule has 1 aliphatic rings. The van der Waals surface area contributed by atoms with Crippen molar-refractivity contribution in [2.24, 2.45) is 0 Å². The van der Waals surface area contributed by atoms with E-state index < -0.39 is 0 Å². The van der Waals surface area contributed by atoms with Crippen molar-refractivity contribution >= 4 is 17.5 Å². The van der Waals surface area contributed by atoms with Crippen LogP contribution in [0.2, 0.25) is 5.02 Å². The van der Waals surface area contributed by atoms with Gasteiger partial charge >= 0.3 is 0 Å². The Hall–Kier alpha value is -2.59. The number of fused-ring (bicyclic) bond motifs is 1. The quantitative estimate of drug-likeness (QED) is 0.714. The summed E-state index contributed by atoms with van der Waals surface area (Å²) in [5.74, 6) is -0.0799. The molecule has 1 atom stereocenters. The first-order valence-electron chi connectivity index (χ1n) is 9.28. The van der Waals surface area contributed by atoms with Crippen molar-refractivity contribution < 1.29 is 4.79 Å². The van der Waals surface area contributed by atoms with Gasteiger partial charge < -0.3 is 5.32 Å². The van der Waals surface area contributed by atoms with E-state index in [1.165, 1.54) is 11.3 Å². The third kappa shape index (κ3) is 3.62. The summed E-state index contributed by atoms with van der Waals surface area (Å²) in [5.41, 5.74) is 5.02. The molecule has 1 unspecified atom stereocenters. The first-order valence-corrected chi connectivity index (χ1v) is 9.66. The minimum absolute atomic E-state index is 0.0100. The van der Waals surface area contributed by atoms with E-state index in [0.717, 1.165) is 36.9 Å². The molecule has 1 amide bonds. The summed E-state index contributed by atoms with van der Waals surface area (Å²) < 4.78 is 2.06. The summed E-state index contributed by atoms with van der Waals surface area (Å²) in [7, 11) is 0. The average molecular weight is 380 g/mol. The second kappa shape index (κ2) is 7.57. The van der Waals surface area contributed by atoms with Gasteiger partial charge in [0.25, 0.3) is 5.91 Å². The lowest BCUT2D eigenvalue weighted by atomic mass is 9.92. The van der Waals surface area contributed by atoms with Crippen LogP contribution in [0, 0.1) is 6.92 Å². The Morgan fingerprint density at radius 2 is 2.04 bits per heavy atom. The zero-order valence-electron chi connectivity index (χ0n) is 15.3. The fraction of sp³-hybridized carbons (Fsp3) is 0.273. The van der Waals surface area contributed by atoms with E-state index in [-0.39, 0.29) is 11.9 Å². The average Bonchev–Trinajstić information content (AvgIpc) is 3.09. The maximum Gasteiger partial charge on any atom is 0.252 e. The molecule has 0 radical (unpaired) electrons. The monoisotopic (exact) mass is 379 g/mol. The maximum absolute atomic E-state index is 12.8. The zero-order valence-corrected chi connectivity index (χ0v) is 16.0. The number of nitrogens with zero attached hydrogens (tertiary/aromatic N) is 2. The van der Waals surface area contributed by atoms with Crippen molar-refractivity contribution in [3.8, 4) is 0 Å². The van der Waals surface area contributed by atoms with Crippen molar-refractivity contribution in [2.75, 3.05) is 0 Å². The van der Waals surface area contributed by atoms with Crippen LogP contribution in [0.5, 0.6) is 0 Å². The van der Waals surface area contributed by atoms with Gasteiger partial charge in [-0.1, -0.05) is 48.0 Å². The lowest BCUT2D eigenvalue weighted by Gasteiger charge is -2.24. The number of benzene rings is 2. The summed E-state index contributed by atoms with van der Waals surface area (Å²) in [5, 5.41) is 8.40. The van der Waals surface area contributed by atoms with Crippen LogP contribution in [0.3, 0.4) is 0 Å². The van der Waals surface area contributed by atoms with Gasteiger partial charge in [0.15, 0.2) is 0 Å². The molecule has 1 heterocycles. The Morgan fingerprint density at radius 1 is 1.22 bits per heavy atom. The predicted octanol–water partition coefficient (Wildman–Crippen LogP) is 4.70. The molecular weight excluding hydrogens is 358 g/mol. The topological polar surface area (TPSA) is 46.9 Å². The minimum atomic E-state index is -0.0799. The third-order valence-corrected chi connectivity index (χ3v) is 5.67. The Morgan fingerprint density at radius 3 is 2.85 bits per heavy atom. The maximum atomic E-state index is 12.8. The summed E-state index contributed by atoms with van der Waals surface area (Å²) >= 11 is 6.17. The molecule has 1 aromatic heterocycles. The summed E-state index contributed by atoms with van der Waals surface area (Å²) in [4.78, 5) is 12.8. The molecule has 2 aromatic carbocycles. The van der Waals surface area contributed by atoms with Gasteiger partial charge in [0.1, 0.15) is 0 Å². The van der Waals surface area contributed by atoms with Crippen molar-refractivity contribution in [1.82, 2.24) is 15.1 Å². The van der Waals surface area contributed by atoms with Crippen molar-refractivity contribution in [3.63, 3.8) is 0 Å². The fourth-order valence-corrected chi connectivity index (χ4v) is 3.93. The molecule has 138 valence electrons. The van der Waals surface area contributed by atoms with Gasteiger partial charge in [-0.15, -0.1) is 0 Å². The summed E-state index contributed by atoms with van der Waals surface area (Å²) in [6.07, 6.45) is 4.86. The van der Waals surface area contributed by atoms with Gasteiger partial charge in [0.05, 0.1) is 18.8 Å². The van der Waals surface area contributed by atoms with Gasteiger partial charge in [-0.25, -0.2) is 0 Å². The molecule has 5 heteroatoms. The number of rotatable bonds is 4. The number of hydrogen-bond donors (Lipinski definition) is 1. The number of nitrogens with one attached hydrogen (secondary N) is 1. The lowest BCUT2D eigenvalue weighted by Crippen LogP contribution is -2.31. The molecule has 0 spiro atoms. The van der Waals surface area contributed by atoms with Gasteiger partial charge in [-0.05, 0) is 49.4 Å². The van der Waals surface area contributed by atoms with E-state index in [0.29, 0.717) is 10.6 Å². The van der Waals surface area contributed by atoms with Crippen molar-refractivity contribution in [2.45, 2.75) is 38.8 Å². The molecule has 0 aliphatic heterocycles. The lowest BCUT2D eigenvalue weighted by molar-refractivity contribution is 0.0932. The second-order valence-electron chi connectivity index (χ2n) is 7.02. The van der Waals surface area contributed by atoms with E-state index >= 15 is 0 Å². The highest BCUT2D eigenvalue weighted by Crippen LogP contribution is 2.30. The smallest absolute Gasteiger partial charge is 0.252 e. The van der Waals surface area contributed by atoms with Gasteiger partial charge in [0, 0.05) is 21.8 Å². The number of halogens is 1. The Bertz CT molecular complexity index is 965. The number of amides is 1. The fourth-order valence-electron chi connectivity index (χ4n) is 3.75. The van der Waals surface area contributed by atoms with Crippen LogP contribution in [0.1, 0.15) is 51.6 Å². The molecule has 1 N–H and O–H groups in total. The predicted molar refractivity (Wildman–Crippen MR) is 107 cm³/mol. The molecule has 4 rings (SSSR count). The molecule has 27 heavy (non-hydrogen) atoms. The van der Waals surface area contributed by atoms with Crippen LogP contribution in [0.4, 0.5) is 0 Å². The van der Waals surface area contributed by atoms with E-state index in [1.54, 1.807) is 6.07 Å². The van der Waals surface area contributed by atoms with Crippen LogP contribution in [0.25, 0.3) is 0 Å². The first-order chi connectivity index (χ1) is 13.1. The number of carbonyl (C=O) groups excluding carboxylic acids is 1. The molecule has 0 bridgehead atoms. The molecule has 1 aliphatic carbocycles. The Labute approximate surface area is 164 Å². The van der Waals surface area contributed by atoms with Gasteiger partial charge in [-0.2, -0.15) is 5.10 Å². The largest absolute Gasteiger partial charge is 0.345 e. The number of carbonyl (C=O) groups is 1. The van der Waals surface area contributed by atoms with E-state index in [4.69, 9.17) is 11.6 Å². The standard InChI is InChI=1S/C22H22ClN3O/c1-15-17(9-5-10-19(15)23)22(27)25-20-11-6-12-21-18(20)13-24-26(21)14-16-7-3-2-4-8-16/h2-5,7-10,13,20H,6,11-12,14H2,1H3,(H,25,27). The second-order valence-corrected chi connectivity index (χ2v) is 7.43. The highest BCUT2D eigenvalue weighted by molar-refractivity contribution is 6.31. The number of hydrogen-bond acceptors (Lipinski definition) is 2. The Kier molecular flexibility index (Phi) is 4.99. The number of aromatic nitrogens is 2. The van der Waals surface area contributed by atoms with Crippen LogP contribution in [-0.2, 0) is 13.0 Å². The van der Waals surface area contributed by atoms with E-state index in [1.807, 2.05) is 43.5 Å². The summed E-state index contributed by atoms with van der Waals surface area (Å²) in [6.45, 7) is 2.63. The highest BCUT2D eigenvalue weighted by atomic mass is 35.5. The Balaban J connectivity index is 1.55. The van der Waals surface area contributed by atoms with Gasteiger partial charge in [-0.3, -0.25) is 9.48 Å². The van der Waals surface area contributed by atoms with Crippen LogP contribution < -0.4 is 5.32 Å². The molecule has 0 saturated carbocycles. The summed E-state index contributed by atoms with van der Waals surface area (Å²) in [6, 6.07) is 15.8. The molecule has 4 nitrogen and oxygen atoms in total. The van der Waals surface area contributed by atoms with Crippen LogP contribution in [-0.4, -0.2) is 15.7 Å². The van der Waals surface area contributed by atoms with Crippen molar-refractivity contribution in [1.29, 1.82) is 0 Å². The molecular formula is C22H22ClN3O. The third-order valence-electron chi connectivity index (χ3n) is 5.26. The highest BCUT2D eigenvalue weighted by Gasteiger charge is 2.26. The zero-order chi connectivity index (χ0) is 18.8. The van der Waals surface area contributed by atoms with Crippen LogP contribution >= 0.6 is 11.6 Å². The van der Waals surface area contributed by atoms with Gasteiger partial charge in [0.2, 0.25) is 0 Å². The normalized spacial score (nSPS) is 16.0. The molecule has 0 saturated heterocycles. The molecule has 3 aromatic rings. The SMILES string of the molecule is Cc1c(Cl)cccc1C(=O)NC1CCCc2c1cnn2Cc1ccccc1.